The summed E-state index contributed by atoms with van der Waals surface area (Å²) in [4.78, 5) is 33.5. The number of hydrogen-bond donors (Lipinski definition) is 0. The number of aromatic nitrogens is 3. The quantitative estimate of drug-likeness (QED) is 0.451. The van der Waals surface area contributed by atoms with Crippen LogP contribution in [-0.2, 0) is 27.4 Å². The lowest BCUT2D eigenvalue weighted by atomic mass is 9.96. The summed E-state index contributed by atoms with van der Waals surface area (Å²) in [6.07, 6.45) is 2.95. The van der Waals surface area contributed by atoms with Crippen molar-refractivity contribution in [1.29, 1.82) is 0 Å². The molecule has 1 aliphatic rings. The molecular weight excluding hydrogens is 470 g/mol. The number of rotatable bonds is 9. The molecule has 1 aromatic heterocycles. The van der Waals surface area contributed by atoms with E-state index >= 15 is 0 Å². The number of hydrogen-bond acceptors (Lipinski definition) is 6. The lowest BCUT2D eigenvalue weighted by Crippen LogP contribution is -2.58. The normalized spacial score (nSPS) is 17.7. The van der Waals surface area contributed by atoms with Gasteiger partial charge in [0.15, 0.2) is 0 Å². The molecule has 4 rings (SSSR count). The van der Waals surface area contributed by atoms with Crippen molar-refractivity contribution in [3.05, 3.63) is 77.8 Å². The molecule has 9 nitrogen and oxygen atoms in total. The molecule has 0 radical (unpaired) electrons. The molecule has 10 heteroatoms. The molecule has 1 aliphatic heterocycles. The maximum absolute atomic E-state index is 13.3. The Morgan fingerprint density at radius 3 is 2.66 bits per heavy atom. The van der Waals surface area contributed by atoms with Crippen molar-refractivity contribution < 1.29 is 19.1 Å². The molecule has 0 aliphatic carbocycles. The topological polar surface area (TPSA) is 89.8 Å². The predicted octanol–water partition coefficient (Wildman–Crippen LogP) is 2.66. The van der Waals surface area contributed by atoms with Gasteiger partial charge in [-0.1, -0.05) is 41.9 Å². The lowest BCUT2D eigenvalue weighted by Gasteiger charge is -2.42. The second-order valence-corrected chi connectivity index (χ2v) is 9.03. The smallest absolute Gasteiger partial charge is 0.244 e. The first-order chi connectivity index (χ1) is 16.9. The summed E-state index contributed by atoms with van der Waals surface area (Å²) in [6, 6.07) is 16.8. The minimum atomic E-state index is -1.00. The van der Waals surface area contributed by atoms with E-state index in [0.717, 1.165) is 5.56 Å². The van der Waals surface area contributed by atoms with Gasteiger partial charge in [0.25, 0.3) is 0 Å². The summed E-state index contributed by atoms with van der Waals surface area (Å²) >= 11 is 5.98. The summed E-state index contributed by atoms with van der Waals surface area (Å²) in [5.74, 6) is 0.382. The van der Waals surface area contributed by atoms with Crippen LogP contribution in [0.5, 0.6) is 5.75 Å². The number of amides is 2. The van der Waals surface area contributed by atoms with Gasteiger partial charge in [-0.05, 0) is 29.8 Å². The highest BCUT2D eigenvalue weighted by atomic mass is 35.5. The number of benzene rings is 2. The molecule has 2 aromatic carbocycles. The standard InChI is InChI=1S/C25H28ClN5O4/c1-29(14-20-5-3-2-4-6-20)23(32)13-25(17-34-22-9-7-21(26)8-10-22)16-30(11-12-35-25)24(33)15-31-19-27-18-28-31/h2-10,18-19H,11-17H2,1H3/t25-/m0/s1. The second-order valence-electron chi connectivity index (χ2n) is 8.59. The third-order valence-electron chi connectivity index (χ3n) is 5.84. The fraction of sp³-hybridized carbons (Fsp3) is 0.360. The first kappa shape index (κ1) is 24.7. The van der Waals surface area contributed by atoms with Crippen molar-refractivity contribution in [2.75, 3.05) is 33.4 Å². The van der Waals surface area contributed by atoms with Crippen LogP contribution in [0.15, 0.2) is 67.3 Å². The van der Waals surface area contributed by atoms with Crippen molar-refractivity contribution in [1.82, 2.24) is 24.6 Å². The van der Waals surface area contributed by atoms with Crippen molar-refractivity contribution >= 4 is 23.4 Å². The molecule has 2 amide bonds. The Balaban J connectivity index is 1.48. The highest BCUT2D eigenvalue weighted by Crippen LogP contribution is 2.26. The van der Waals surface area contributed by atoms with E-state index in [2.05, 4.69) is 10.1 Å². The van der Waals surface area contributed by atoms with Crippen LogP contribution in [0.2, 0.25) is 5.02 Å². The largest absolute Gasteiger partial charge is 0.490 e. The summed E-state index contributed by atoms with van der Waals surface area (Å²) in [6.45, 7) is 1.58. The van der Waals surface area contributed by atoms with Crippen LogP contribution in [0.3, 0.4) is 0 Å². The number of halogens is 1. The van der Waals surface area contributed by atoms with Crippen LogP contribution in [-0.4, -0.2) is 75.3 Å². The summed E-state index contributed by atoms with van der Waals surface area (Å²) in [5, 5.41) is 4.61. The van der Waals surface area contributed by atoms with E-state index in [-0.39, 0.29) is 37.9 Å². The highest BCUT2D eigenvalue weighted by molar-refractivity contribution is 6.30. The average Bonchev–Trinajstić information content (AvgIpc) is 3.37. The number of carbonyl (C=O) groups is 2. The Labute approximate surface area is 209 Å². The first-order valence-electron chi connectivity index (χ1n) is 11.3. The molecular formula is C25H28ClN5O4. The fourth-order valence-corrected chi connectivity index (χ4v) is 4.08. The van der Waals surface area contributed by atoms with E-state index in [1.54, 1.807) is 41.1 Å². The molecule has 0 N–H and O–H groups in total. The van der Waals surface area contributed by atoms with Crippen LogP contribution in [0.4, 0.5) is 0 Å². The predicted molar refractivity (Wildman–Crippen MR) is 130 cm³/mol. The van der Waals surface area contributed by atoms with Crippen molar-refractivity contribution in [3.8, 4) is 5.75 Å². The lowest BCUT2D eigenvalue weighted by molar-refractivity contribution is -0.166. The molecule has 1 fully saturated rings. The fourth-order valence-electron chi connectivity index (χ4n) is 3.96. The summed E-state index contributed by atoms with van der Waals surface area (Å²) < 4.78 is 13.7. The molecule has 0 saturated carbocycles. The van der Waals surface area contributed by atoms with Gasteiger partial charge >= 0.3 is 0 Å². The maximum atomic E-state index is 13.3. The monoisotopic (exact) mass is 497 g/mol. The van der Waals surface area contributed by atoms with Gasteiger partial charge in [0.1, 0.15) is 37.2 Å². The zero-order valence-electron chi connectivity index (χ0n) is 19.5. The molecule has 0 unspecified atom stereocenters. The second kappa shape index (κ2) is 11.3. The Morgan fingerprint density at radius 1 is 1.17 bits per heavy atom. The Kier molecular flexibility index (Phi) is 7.99. The van der Waals surface area contributed by atoms with E-state index in [9.17, 15) is 9.59 Å². The number of morpholine rings is 1. The van der Waals surface area contributed by atoms with Gasteiger partial charge < -0.3 is 19.3 Å². The van der Waals surface area contributed by atoms with E-state index in [4.69, 9.17) is 21.1 Å². The van der Waals surface area contributed by atoms with Gasteiger partial charge in [-0.3, -0.25) is 9.59 Å². The molecule has 1 saturated heterocycles. The van der Waals surface area contributed by atoms with E-state index in [1.807, 2.05) is 30.3 Å². The van der Waals surface area contributed by atoms with Crippen LogP contribution >= 0.6 is 11.6 Å². The summed E-state index contributed by atoms with van der Waals surface area (Å²) in [5.41, 5.74) is 0.0295. The van der Waals surface area contributed by atoms with Crippen LogP contribution in [0.25, 0.3) is 0 Å². The summed E-state index contributed by atoms with van der Waals surface area (Å²) in [7, 11) is 1.76. The minimum absolute atomic E-state index is 0.0655. The minimum Gasteiger partial charge on any atom is -0.490 e. The van der Waals surface area contributed by atoms with E-state index in [0.29, 0.717) is 30.5 Å². The number of ether oxygens (including phenoxy) is 2. The Bertz CT molecular complexity index is 1110. The molecule has 35 heavy (non-hydrogen) atoms. The SMILES string of the molecule is CN(Cc1ccccc1)C(=O)C[C@@]1(COc2ccc(Cl)cc2)CN(C(=O)Cn2cncn2)CCO1. The van der Waals surface area contributed by atoms with Crippen molar-refractivity contribution in [2.24, 2.45) is 0 Å². The van der Waals surface area contributed by atoms with Crippen LogP contribution in [0, 0.1) is 0 Å². The first-order valence-corrected chi connectivity index (χ1v) is 11.7. The highest BCUT2D eigenvalue weighted by Gasteiger charge is 2.42. The van der Waals surface area contributed by atoms with E-state index < -0.39 is 5.60 Å². The van der Waals surface area contributed by atoms with Crippen LogP contribution in [0.1, 0.15) is 12.0 Å². The van der Waals surface area contributed by atoms with Gasteiger partial charge in [0.05, 0.1) is 19.6 Å². The molecule has 0 spiro atoms. The van der Waals surface area contributed by atoms with Crippen molar-refractivity contribution in [2.45, 2.75) is 25.1 Å². The molecule has 3 aromatic rings. The number of nitrogens with zero attached hydrogens (tertiary/aromatic N) is 5. The van der Waals surface area contributed by atoms with Crippen LogP contribution < -0.4 is 4.74 Å². The van der Waals surface area contributed by atoms with Gasteiger partial charge in [0.2, 0.25) is 11.8 Å². The Hall–Kier alpha value is -3.43. The molecule has 1 atom stereocenters. The van der Waals surface area contributed by atoms with E-state index in [1.165, 1.54) is 17.3 Å². The third kappa shape index (κ3) is 6.80. The van der Waals surface area contributed by atoms with Crippen molar-refractivity contribution in [3.63, 3.8) is 0 Å². The molecule has 0 bridgehead atoms. The van der Waals surface area contributed by atoms with Gasteiger partial charge in [-0.15, -0.1) is 0 Å². The zero-order chi connectivity index (χ0) is 24.7. The number of carbonyl (C=O) groups excluding carboxylic acids is 2. The third-order valence-corrected chi connectivity index (χ3v) is 6.09. The Morgan fingerprint density at radius 2 is 1.94 bits per heavy atom. The van der Waals surface area contributed by atoms with Gasteiger partial charge in [-0.2, -0.15) is 5.10 Å². The molecule has 184 valence electrons. The molecule has 2 heterocycles. The van der Waals surface area contributed by atoms with Gasteiger partial charge in [-0.25, -0.2) is 9.67 Å². The zero-order valence-corrected chi connectivity index (χ0v) is 20.3. The maximum Gasteiger partial charge on any atom is 0.244 e. The average molecular weight is 498 g/mol. The van der Waals surface area contributed by atoms with Gasteiger partial charge in [0, 0.05) is 25.2 Å².